The molecule has 21 heavy (non-hydrogen) atoms. The van der Waals surface area contributed by atoms with E-state index in [1.807, 2.05) is 0 Å². The molecule has 1 aromatic rings. The van der Waals surface area contributed by atoms with Crippen LogP contribution in [0.1, 0.15) is 29.8 Å². The van der Waals surface area contributed by atoms with E-state index < -0.39 is 27.9 Å². The number of amides is 1. The molecule has 1 aromatic heterocycles. The van der Waals surface area contributed by atoms with Gasteiger partial charge in [0, 0.05) is 23.4 Å². The molecule has 2 rings (SSSR count). The topological polar surface area (TPSA) is 68.2 Å². The molecule has 1 amide bonds. The number of hydrogen-bond acceptors (Lipinski definition) is 3. The number of carbonyl (C=O) groups excluding carboxylic acids is 1. The Labute approximate surface area is 125 Å². The van der Waals surface area contributed by atoms with Crippen molar-refractivity contribution in [2.45, 2.75) is 37.1 Å². The molecule has 0 aliphatic heterocycles. The minimum Gasteiger partial charge on any atom is -0.351 e. The van der Waals surface area contributed by atoms with Gasteiger partial charge in [-0.25, -0.2) is 17.2 Å². The van der Waals surface area contributed by atoms with E-state index >= 15 is 0 Å². The molecule has 0 unspecified atom stereocenters. The predicted molar refractivity (Wildman–Crippen MR) is 73.1 cm³/mol. The van der Waals surface area contributed by atoms with Crippen LogP contribution >= 0.6 is 10.7 Å². The molecule has 0 aromatic carbocycles. The highest BCUT2D eigenvalue weighted by atomic mass is 35.7. The quantitative estimate of drug-likeness (QED) is 0.774. The lowest BCUT2D eigenvalue weighted by Crippen LogP contribution is -2.27. The number of nitrogens with one attached hydrogen (secondary N) is 1. The van der Waals surface area contributed by atoms with E-state index in [-0.39, 0.29) is 10.6 Å². The molecule has 0 atom stereocenters. The van der Waals surface area contributed by atoms with Gasteiger partial charge in [0.15, 0.2) is 0 Å². The van der Waals surface area contributed by atoms with Crippen molar-refractivity contribution in [2.75, 3.05) is 6.54 Å². The summed E-state index contributed by atoms with van der Waals surface area (Å²) < 4.78 is 48.4. The molecule has 0 saturated heterocycles. The van der Waals surface area contributed by atoms with E-state index in [0.29, 0.717) is 12.5 Å². The third-order valence-corrected chi connectivity index (χ3v) is 4.58. The molecule has 5 nitrogen and oxygen atoms in total. The Morgan fingerprint density at radius 2 is 2.14 bits per heavy atom. The van der Waals surface area contributed by atoms with Gasteiger partial charge in [0.25, 0.3) is 21.4 Å². The summed E-state index contributed by atoms with van der Waals surface area (Å²) in [6.07, 6.45) is 1.37. The molecule has 1 heterocycles. The van der Waals surface area contributed by atoms with Crippen LogP contribution < -0.4 is 5.32 Å². The summed E-state index contributed by atoms with van der Waals surface area (Å²) in [7, 11) is 1.11. The SMILES string of the molecule is O=C(NCCC1CC1)c1cc(S(=O)(=O)Cl)cn1CC(F)F. The van der Waals surface area contributed by atoms with Gasteiger partial charge >= 0.3 is 0 Å². The Morgan fingerprint density at radius 1 is 1.48 bits per heavy atom. The lowest BCUT2D eigenvalue weighted by Gasteiger charge is -2.08. The molecule has 118 valence electrons. The van der Waals surface area contributed by atoms with Crippen molar-refractivity contribution in [1.29, 1.82) is 0 Å². The maximum Gasteiger partial charge on any atom is 0.267 e. The summed E-state index contributed by atoms with van der Waals surface area (Å²) in [4.78, 5) is 11.6. The Hall–Kier alpha value is -1.15. The second-order valence-electron chi connectivity index (χ2n) is 5.03. The van der Waals surface area contributed by atoms with Crippen LogP contribution in [0.3, 0.4) is 0 Å². The zero-order chi connectivity index (χ0) is 15.6. The minimum atomic E-state index is -4.07. The van der Waals surface area contributed by atoms with Gasteiger partial charge in [-0.15, -0.1) is 0 Å². The smallest absolute Gasteiger partial charge is 0.267 e. The number of alkyl halides is 2. The fourth-order valence-electron chi connectivity index (χ4n) is 1.99. The zero-order valence-electron chi connectivity index (χ0n) is 11.1. The van der Waals surface area contributed by atoms with E-state index in [9.17, 15) is 22.0 Å². The maximum atomic E-state index is 12.5. The molecule has 0 spiro atoms. The molecule has 1 fully saturated rings. The van der Waals surface area contributed by atoms with E-state index in [2.05, 4.69) is 5.32 Å². The summed E-state index contributed by atoms with van der Waals surface area (Å²) >= 11 is 0. The van der Waals surface area contributed by atoms with Gasteiger partial charge in [0.05, 0.1) is 6.54 Å². The highest BCUT2D eigenvalue weighted by Crippen LogP contribution is 2.31. The van der Waals surface area contributed by atoms with E-state index in [4.69, 9.17) is 10.7 Å². The second-order valence-corrected chi connectivity index (χ2v) is 7.60. The van der Waals surface area contributed by atoms with Gasteiger partial charge in [-0.3, -0.25) is 4.79 Å². The molecule has 0 bridgehead atoms. The summed E-state index contributed by atoms with van der Waals surface area (Å²) in [6, 6.07) is 1.01. The zero-order valence-corrected chi connectivity index (χ0v) is 12.6. The standard InChI is InChI=1S/C12H15ClF2N2O3S/c13-21(19,20)9-5-10(17(6-9)7-11(14)15)12(18)16-4-3-8-1-2-8/h5-6,8,11H,1-4,7H2,(H,16,18). The minimum absolute atomic E-state index is 0.134. The average Bonchev–Trinajstić information content (AvgIpc) is 3.06. The molecule has 1 aliphatic rings. The second kappa shape index (κ2) is 6.31. The van der Waals surface area contributed by atoms with Crippen molar-refractivity contribution < 1.29 is 22.0 Å². The third kappa shape index (κ3) is 4.67. The van der Waals surface area contributed by atoms with Gasteiger partial charge in [0.1, 0.15) is 10.6 Å². The van der Waals surface area contributed by atoms with Crippen LogP contribution in [-0.2, 0) is 15.6 Å². The lowest BCUT2D eigenvalue weighted by atomic mass is 10.3. The van der Waals surface area contributed by atoms with Gasteiger partial charge in [-0.1, -0.05) is 12.8 Å². The first-order chi connectivity index (χ1) is 9.77. The average molecular weight is 341 g/mol. The number of nitrogens with zero attached hydrogens (tertiary/aromatic N) is 1. The first-order valence-electron chi connectivity index (χ1n) is 6.48. The fourth-order valence-corrected chi connectivity index (χ4v) is 2.75. The first kappa shape index (κ1) is 16.2. The number of hydrogen-bond donors (Lipinski definition) is 1. The van der Waals surface area contributed by atoms with Crippen molar-refractivity contribution in [3.05, 3.63) is 18.0 Å². The first-order valence-corrected chi connectivity index (χ1v) is 8.79. The van der Waals surface area contributed by atoms with Gasteiger partial charge in [-0.2, -0.15) is 0 Å². The van der Waals surface area contributed by atoms with Crippen LogP contribution in [0, 0.1) is 5.92 Å². The number of carbonyl (C=O) groups is 1. The van der Waals surface area contributed by atoms with Gasteiger partial charge in [-0.05, 0) is 18.4 Å². The summed E-state index contributed by atoms with van der Waals surface area (Å²) in [5.74, 6) is 0.0415. The highest BCUT2D eigenvalue weighted by Gasteiger charge is 2.23. The Bertz CT molecular complexity index is 626. The van der Waals surface area contributed by atoms with E-state index in [1.54, 1.807) is 0 Å². The van der Waals surface area contributed by atoms with Crippen LogP contribution in [-0.4, -0.2) is 31.9 Å². The van der Waals surface area contributed by atoms with Crippen LogP contribution in [0.2, 0.25) is 0 Å². The van der Waals surface area contributed by atoms with Crippen molar-refractivity contribution in [3.63, 3.8) is 0 Å². The molecule has 0 radical (unpaired) electrons. The largest absolute Gasteiger partial charge is 0.351 e. The molecule has 9 heteroatoms. The molecular weight excluding hydrogens is 326 g/mol. The van der Waals surface area contributed by atoms with Crippen LogP contribution in [0.15, 0.2) is 17.2 Å². The van der Waals surface area contributed by atoms with Crippen molar-refractivity contribution in [1.82, 2.24) is 9.88 Å². The van der Waals surface area contributed by atoms with Crippen LogP contribution in [0.25, 0.3) is 0 Å². The summed E-state index contributed by atoms with van der Waals surface area (Å²) in [5.41, 5.74) is -0.134. The Kier molecular flexibility index (Phi) is 4.88. The number of aromatic nitrogens is 1. The lowest BCUT2D eigenvalue weighted by molar-refractivity contribution is 0.0929. The van der Waals surface area contributed by atoms with E-state index in [1.165, 1.54) is 0 Å². The molecular formula is C12H15ClF2N2O3S. The summed E-state index contributed by atoms with van der Waals surface area (Å²) in [6.45, 7) is -0.329. The summed E-state index contributed by atoms with van der Waals surface area (Å²) in [5, 5.41) is 2.61. The van der Waals surface area contributed by atoms with Crippen LogP contribution in [0.5, 0.6) is 0 Å². The number of rotatable bonds is 7. The maximum absolute atomic E-state index is 12.5. The predicted octanol–water partition coefficient (Wildman–Crippen LogP) is 2.21. The Morgan fingerprint density at radius 3 is 2.67 bits per heavy atom. The normalized spacial score (nSPS) is 15.4. The van der Waals surface area contributed by atoms with Gasteiger partial charge in [0.2, 0.25) is 0 Å². The molecule has 1 aliphatic carbocycles. The van der Waals surface area contributed by atoms with E-state index in [0.717, 1.165) is 36.1 Å². The van der Waals surface area contributed by atoms with Crippen molar-refractivity contribution >= 4 is 25.6 Å². The third-order valence-electron chi connectivity index (χ3n) is 3.26. The van der Waals surface area contributed by atoms with Crippen molar-refractivity contribution in [2.24, 2.45) is 5.92 Å². The van der Waals surface area contributed by atoms with Crippen molar-refractivity contribution in [3.8, 4) is 0 Å². The monoisotopic (exact) mass is 340 g/mol. The van der Waals surface area contributed by atoms with Crippen LogP contribution in [0.4, 0.5) is 8.78 Å². The van der Waals surface area contributed by atoms with Gasteiger partial charge < -0.3 is 9.88 Å². The highest BCUT2D eigenvalue weighted by molar-refractivity contribution is 8.13. The Balaban J connectivity index is 2.13. The molecule has 1 saturated carbocycles. The fraction of sp³-hybridized carbons (Fsp3) is 0.583. The molecule has 1 N–H and O–H groups in total. The number of halogens is 3.